The minimum absolute atomic E-state index is 0.212. The van der Waals surface area contributed by atoms with Crippen LogP contribution in [0.2, 0.25) is 0 Å². The maximum atomic E-state index is 8.86. The van der Waals surface area contributed by atoms with Crippen LogP contribution in [0.1, 0.15) is 45.6 Å². The van der Waals surface area contributed by atoms with E-state index in [1.54, 1.807) is 11.1 Å². The van der Waals surface area contributed by atoms with Gasteiger partial charge in [0, 0.05) is 31.4 Å². The zero-order valence-corrected chi connectivity index (χ0v) is 11.5. The topological polar surface area (TPSA) is 39.9 Å². The van der Waals surface area contributed by atoms with Gasteiger partial charge in [0.1, 0.15) is 0 Å². The van der Waals surface area contributed by atoms with Crippen molar-refractivity contribution in [2.45, 2.75) is 46.1 Å². The van der Waals surface area contributed by atoms with Crippen LogP contribution in [0, 0.1) is 11.5 Å². The molecule has 0 saturated heterocycles. The number of nitriles is 1. The van der Waals surface area contributed by atoms with E-state index in [0.717, 1.165) is 6.42 Å². The molecular formula is C14H23N3. The Hall–Kier alpha value is -1.56. The second-order valence-corrected chi connectivity index (χ2v) is 3.75. The lowest BCUT2D eigenvalue weighted by molar-refractivity contribution is 0.309. The van der Waals surface area contributed by atoms with E-state index in [0.29, 0.717) is 5.92 Å². The van der Waals surface area contributed by atoms with Crippen molar-refractivity contribution in [3.8, 4) is 6.19 Å². The minimum Gasteiger partial charge on any atom is -0.310 e. The highest BCUT2D eigenvalue weighted by atomic mass is 15.1. The van der Waals surface area contributed by atoms with Crippen molar-refractivity contribution in [1.82, 2.24) is 9.88 Å². The molecule has 94 valence electrons. The molecule has 0 radical (unpaired) electrons. The van der Waals surface area contributed by atoms with Crippen molar-refractivity contribution >= 4 is 0 Å². The van der Waals surface area contributed by atoms with Crippen LogP contribution in [0.4, 0.5) is 0 Å². The van der Waals surface area contributed by atoms with E-state index >= 15 is 0 Å². The zero-order valence-electron chi connectivity index (χ0n) is 11.5. The monoisotopic (exact) mass is 233 g/mol. The molecule has 0 spiro atoms. The number of hydrogen-bond acceptors (Lipinski definition) is 3. The summed E-state index contributed by atoms with van der Waals surface area (Å²) >= 11 is 0. The normalized spacial score (nSPS) is 12.7. The van der Waals surface area contributed by atoms with Gasteiger partial charge in [-0.1, -0.05) is 26.8 Å². The molecule has 0 N–H and O–H groups in total. The summed E-state index contributed by atoms with van der Waals surface area (Å²) in [4.78, 5) is 5.82. The molecule has 1 aromatic rings. The van der Waals surface area contributed by atoms with Gasteiger partial charge in [-0.3, -0.25) is 4.98 Å². The Balaban J connectivity index is 0.00000121. The van der Waals surface area contributed by atoms with E-state index in [1.807, 2.05) is 33.2 Å². The molecular weight excluding hydrogens is 210 g/mol. The van der Waals surface area contributed by atoms with Gasteiger partial charge in [0.25, 0.3) is 0 Å². The number of rotatable bonds is 4. The standard InChI is InChI=1S/C12H17N3.C2H6/c1-4-12(10(2)15(3)9-13)11-6-5-7-14-8-11;1-2/h5-8,10,12H,4H2,1-3H3;1-2H3. The van der Waals surface area contributed by atoms with E-state index in [4.69, 9.17) is 5.26 Å². The van der Waals surface area contributed by atoms with Gasteiger partial charge in [0.15, 0.2) is 6.19 Å². The van der Waals surface area contributed by atoms with Crippen molar-refractivity contribution in [3.05, 3.63) is 30.1 Å². The summed E-state index contributed by atoms with van der Waals surface area (Å²) in [5, 5.41) is 8.86. The zero-order chi connectivity index (χ0) is 13.3. The van der Waals surface area contributed by atoms with E-state index in [-0.39, 0.29) is 6.04 Å². The highest BCUT2D eigenvalue weighted by molar-refractivity contribution is 5.16. The van der Waals surface area contributed by atoms with Crippen LogP contribution >= 0.6 is 0 Å². The van der Waals surface area contributed by atoms with E-state index < -0.39 is 0 Å². The summed E-state index contributed by atoms with van der Waals surface area (Å²) < 4.78 is 0. The van der Waals surface area contributed by atoms with Crippen molar-refractivity contribution in [2.75, 3.05) is 7.05 Å². The first-order valence-electron chi connectivity index (χ1n) is 6.23. The van der Waals surface area contributed by atoms with E-state index in [1.165, 1.54) is 5.56 Å². The Morgan fingerprint density at radius 3 is 2.53 bits per heavy atom. The Morgan fingerprint density at radius 1 is 1.47 bits per heavy atom. The third-order valence-corrected chi connectivity index (χ3v) is 2.90. The number of hydrogen-bond donors (Lipinski definition) is 0. The molecule has 0 saturated carbocycles. The molecule has 3 nitrogen and oxygen atoms in total. The highest BCUT2D eigenvalue weighted by Crippen LogP contribution is 2.24. The van der Waals surface area contributed by atoms with Gasteiger partial charge >= 0.3 is 0 Å². The fourth-order valence-corrected chi connectivity index (χ4v) is 1.81. The number of likely N-dealkylation sites (N-methyl/N-ethyl adjacent to an activating group) is 1. The molecule has 2 atom stereocenters. The predicted octanol–water partition coefficient (Wildman–Crippen LogP) is 3.40. The van der Waals surface area contributed by atoms with Crippen molar-refractivity contribution in [2.24, 2.45) is 0 Å². The molecule has 1 rings (SSSR count). The lowest BCUT2D eigenvalue weighted by Crippen LogP contribution is -2.30. The van der Waals surface area contributed by atoms with Gasteiger partial charge in [-0.15, -0.1) is 0 Å². The summed E-state index contributed by atoms with van der Waals surface area (Å²) in [7, 11) is 1.82. The largest absolute Gasteiger partial charge is 0.310 e. The van der Waals surface area contributed by atoms with E-state index in [9.17, 15) is 0 Å². The van der Waals surface area contributed by atoms with Crippen LogP contribution in [0.3, 0.4) is 0 Å². The molecule has 0 amide bonds. The second-order valence-electron chi connectivity index (χ2n) is 3.75. The molecule has 3 heteroatoms. The van der Waals surface area contributed by atoms with E-state index in [2.05, 4.69) is 31.1 Å². The molecule has 0 aliphatic carbocycles. The Labute approximate surface area is 105 Å². The molecule has 1 aromatic heterocycles. The van der Waals surface area contributed by atoms with Crippen LogP contribution in [0.15, 0.2) is 24.5 Å². The molecule has 0 bridgehead atoms. The Bertz CT molecular complexity index is 329. The van der Waals surface area contributed by atoms with Crippen LogP contribution in [-0.4, -0.2) is 23.0 Å². The maximum absolute atomic E-state index is 8.86. The Morgan fingerprint density at radius 2 is 2.12 bits per heavy atom. The summed E-state index contributed by atoms with van der Waals surface area (Å²) in [5.41, 5.74) is 1.20. The summed E-state index contributed by atoms with van der Waals surface area (Å²) in [6, 6.07) is 4.23. The third-order valence-electron chi connectivity index (χ3n) is 2.90. The van der Waals surface area contributed by atoms with Crippen molar-refractivity contribution in [3.63, 3.8) is 0 Å². The molecule has 0 aromatic carbocycles. The number of aromatic nitrogens is 1. The molecule has 17 heavy (non-hydrogen) atoms. The average Bonchev–Trinajstić information content (AvgIpc) is 2.42. The number of nitrogens with zero attached hydrogens (tertiary/aromatic N) is 3. The van der Waals surface area contributed by atoms with Crippen LogP contribution in [0.25, 0.3) is 0 Å². The van der Waals surface area contributed by atoms with Gasteiger partial charge in [0.2, 0.25) is 0 Å². The molecule has 2 unspecified atom stereocenters. The molecule has 1 heterocycles. The number of pyridine rings is 1. The average molecular weight is 233 g/mol. The van der Waals surface area contributed by atoms with Crippen molar-refractivity contribution in [1.29, 1.82) is 5.26 Å². The molecule has 0 fully saturated rings. The fourth-order valence-electron chi connectivity index (χ4n) is 1.81. The summed E-state index contributed by atoms with van der Waals surface area (Å²) in [5.74, 6) is 0.364. The van der Waals surface area contributed by atoms with Gasteiger partial charge in [-0.05, 0) is 25.0 Å². The third kappa shape index (κ3) is 4.44. The van der Waals surface area contributed by atoms with Gasteiger partial charge < -0.3 is 4.90 Å². The lowest BCUT2D eigenvalue weighted by Gasteiger charge is -2.27. The fraction of sp³-hybridized carbons (Fsp3) is 0.571. The SMILES string of the molecule is CC.CCC(c1cccnc1)C(C)N(C)C#N. The quantitative estimate of drug-likeness (QED) is 0.591. The summed E-state index contributed by atoms with van der Waals surface area (Å²) in [6.07, 6.45) is 6.83. The molecule has 0 aliphatic rings. The first-order valence-corrected chi connectivity index (χ1v) is 6.23. The first kappa shape index (κ1) is 15.4. The van der Waals surface area contributed by atoms with Gasteiger partial charge in [-0.25, -0.2) is 0 Å². The smallest absolute Gasteiger partial charge is 0.179 e. The maximum Gasteiger partial charge on any atom is 0.179 e. The van der Waals surface area contributed by atoms with Crippen LogP contribution < -0.4 is 0 Å². The van der Waals surface area contributed by atoms with Gasteiger partial charge in [-0.2, -0.15) is 5.26 Å². The predicted molar refractivity (Wildman–Crippen MR) is 71.5 cm³/mol. The first-order chi connectivity index (χ1) is 8.20. The minimum atomic E-state index is 0.212. The second kappa shape index (κ2) is 8.58. The summed E-state index contributed by atoms with van der Waals surface area (Å²) in [6.45, 7) is 8.21. The lowest BCUT2D eigenvalue weighted by atomic mass is 9.90. The highest BCUT2D eigenvalue weighted by Gasteiger charge is 2.20. The molecule has 0 aliphatic heterocycles. The van der Waals surface area contributed by atoms with Crippen LogP contribution in [-0.2, 0) is 0 Å². The Kier molecular flexibility index (Phi) is 7.79. The van der Waals surface area contributed by atoms with Gasteiger partial charge in [0.05, 0.1) is 0 Å². The van der Waals surface area contributed by atoms with Crippen molar-refractivity contribution < 1.29 is 0 Å². The van der Waals surface area contributed by atoms with Crippen LogP contribution in [0.5, 0.6) is 0 Å².